The molecule has 1 atom stereocenters. The number of hydrogen-bond donors (Lipinski definition) is 2. The summed E-state index contributed by atoms with van der Waals surface area (Å²) in [4.78, 5) is 26.4. The predicted octanol–water partition coefficient (Wildman–Crippen LogP) is 3.28. The molecule has 2 amide bonds. The molecule has 24 heavy (non-hydrogen) atoms. The minimum Gasteiger partial charge on any atom is -0.339 e. The van der Waals surface area contributed by atoms with Crippen LogP contribution in [0.2, 0.25) is 5.02 Å². The van der Waals surface area contributed by atoms with Gasteiger partial charge in [0, 0.05) is 31.2 Å². The van der Waals surface area contributed by atoms with E-state index in [0.29, 0.717) is 16.3 Å². The van der Waals surface area contributed by atoms with Crippen molar-refractivity contribution < 1.29 is 9.59 Å². The molecule has 1 unspecified atom stereocenters. The van der Waals surface area contributed by atoms with Crippen LogP contribution in [0.4, 0.5) is 5.69 Å². The Morgan fingerprint density at radius 2 is 2.00 bits per heavy atom. The lowest BCUT2D eigenvalue weighted by Crippen LogP contribution is -2.38. The van der Waals surface area contributed by atoms with Crippen LogP contribution in [-0.4, -0.2) is 36.3 Å². The number of nitrogens with zero attached hydrogens (tertiary/aromatic N) is 1. The first-order valence-electron chi connectivity index (χ1n) is 8.51. The molecule has 1 fully saturated rings. The fourth-order valence-electron chi connectivity index (χ4n) is 2.96. The number of carbonyl (C=O) groups excluding carboxylic acids is 2. The van der Waals surface area contributed by atoms with Crippen molar-refractivity contribution in [3.05, 3.63) is 28.8 Å². The fraction of sp³-hybridized carbons (Fsp3) is 0.556. The average Bonchev–Trinajstić information content (AvgIpc) is 2.60. The van der Waals surface area contributed by atoms with Gasteiger partial charge in [-0.15, -0.1) is 0 Å². The predicted molar refractivity (Wildman–Crippen MR) is 97.3 cm³/mol. The zero-order valence-electron chi connectivity index (χ0n) is 14.3. The highest BCUT2D eigenvalue weighted by molar-refractivity contribution is 6.34. The van der Waals surface area contributed by atoms with Gasteiger partial charge in [-0.1, -0.05) is 37.8 Å². The minimum absolute atomic E-state index is 0.0693. The second kappa shape index (κ2) is 8.49. The molecular weight excluding hydrogens is 326 g/mol. The van der Waals surface area contributed by atoms with Crippen LogP contribution < -0.4 is 11.1 Å². The van der Waals surface area contributed by atoms with Crippen molar-refractivity contribution in [2.45, 2.75) is 45.1 Å². The highest BCUT2D eigenvalue weighted by Crippen LogP contribution is 2.26. The fourth-order valence-corrected chi connectivity index (χ4v) is 3.22. The van der Waals surface area contributed by atoms with Crippen LogP contribution in [0, 0.1) is 5.92 Å². The van der Waals surface area contributed by atoms with Gasteiger partial charge in [0.05, 0.1) is 10.6 Å². The number of halogens is 1. The minimum atomic E-state index is -0.275. The van der Waals surface area contributed by atoms with Crippen LogP contribution >= 0.6 is 11.6 Å². The second-order valence-electron chi connectivity index (χ2n) is 6.53. The molecule has 0 spiro atoms. The summed E-state index contributed by atoms with van der Waals surface area (Å²) in [5.74, 6) is -0.505. The molecule has 3 N–H and O–H groups in total. The quantitative estimate of drug-likeness (QED) is 0.854. The Hall–Kier alpha value is -1.59. The third-order valence-electron chi connectivity index (χ3n) is 4.71. The summed E-state index contributed by atoms with van der Waals surface area (Å²) < 4.78 is 0. The van der Waals surface area contributed by atoms with E-state index in [9.17, 15) is 9.59 Å². The van der Waals surface area contributed by atoms with Crippen LogP contribution in [-0.2, 0) is 4.79 Å². The van der Waals surface area contributed by atoms with Crippen LogP contribution in [0.15, 0.2) is 18.2 Å². The Morgan fingerprint density at radius 1 is 1.33 bits per heavy atom. The molecule has 0 bridgehead atoms. The van der Waals surface area contributed by atoms with Crippen molar-refractivity contribution in [3.8, 4) is 0 Å². The van der Waals surface area contributed by atoms with Crippen molar-refractivity contribution in [1.29, 1.82) is 0 Å². The largest absolute Gasteiger partial charge is 0.339 e. The van der Waals surface area contributed by atoms with Gasteiger partial charge in [0.25, 0.3) is 5.91 Å². The lowest BCUT2D eigenvalue weighted by atomic mass is 9.94. The smallest absolute Gasteiger partial charge is 0.255 e. The number of amides is 2. The van der Waals surface area contributed by atoms with Gasteiger partial charge in [-0.2, -0.15) is 0 Å². The molecule has 1 aromatic carbocycles. The number of rotatable bonds is 5. The van der Waals surface area contributed by atoms with Crippen molar-refractivity contribution in [2.75, 3.05) is 18.9 Å². The van der Waals surface area contributed by atoms with Gasteiger partial charge < -0.3 is 16.0 Å². The Kier molecular flexibility index (Phi) is 6.63. The summed E-state index contributed by atoms with van der Waals surface area (Å²) in [7, 11) is 1.84. The van der Waals surface area contributed by atoms with E-state index in [1.807, 2.05) is 7.05 Å². The SMILES string of the molecule is CC(CN)C(=O)Nc1ccc(C(=O)N(C)C2CCCCC2)c(Cl)c1. The molecule has 1 saturated carbocycles. The van der Waals surface area contributed by atoms with Gasteiger partial charge in [0.2, 0.25) is 5.91 Å². The van der Waals surface area contributed by atoms with E-state index in [0.717, 1.165) is 12.8 Å². The Morgan fingerprint density at radius 3 is 2.58 bits per heavy atom. The van der Waals surface area contributed by atoms with E-state index in [1.54, 1.807) is 30.0 Å². The molecule has 0 radical (unpaired) electrons. The molecular formula is C18H26ClN3O2. The third kappa shape index (κ3) is 4.48. The Labute approximate surface area is 148 Å². The van der Waals surface area contributed by atoms with E-state index < -0.39 is 0 Å². The number of nitrogens with one attached hydrogen (secondary N) is 1. The lowest BCUT2D eigenvalue weighted by molar-refractivity contribution is -0.119. The second-order valence-corrected chi connectivity index (χ2v) is 6.94. The summed E-state index contributed by atoms with van der Waals surface area (Å²) >= 11 is 6.28. The molecule has 1 aliphatic carbocycles. The molecule has 1 aliphatic rings. The molecule has 1 aromatic rings. The molecule has 0 heterocycles. The molecule has 0 aliphatic heterocycles. The number of anilines is 1. The third-order valence-corrected chi connectivity index (χ3v) is 5.02. The summed E-state index contributed by atoms with van der Waals surface area (Å²) in [6, 6.07) is 5.28. The van der Waals surface area contributed by atoms with Gasteiger partial charge in [0.1, 0.15) is 0 Å². The van der Waals surface area contributed by atoms with E-state index >= 15 is 0 Å². The first-order valence-corrected chi connectivity index (χ1v) is 8.89. The first-order chi connectivity index (χ1) is 11.4. The first kappa shape index (κ1) is 18.7. The maximum absolute atomic E-state index is 12.7. The van der Waals surface area contributed by atoms with Gasteiger partial charge in [0.15, 0.2) is 0 Å². The van der Waals surface area contributed by atoms with Gasteiger partial charge in [-0.25, -0.2) is 0 Å². The van der Waals surface area contributed by atoms with E-state index in [-0.39, 0.29) is 30.3 Å². The number of benzene rings is 1. The molecule has 132 valence electrons. The average molecular weight is 352 g/mol. The molecule has 5 nitrogen and oxygen atoms in total. The number of nitrogens with two attached hydrogens (primary N) is 1. The summed E-state index contributed by atoms with van der Waals surface area (Å²) in [5.41, 5.74) is 6.53. The van der Waals surface area contributed by atoms with E-state index in [1.165, 1.54) is 19.3 Å². The molecule has 0 saturated heterocycles. The zero-order chi connectivity index (χ0) is 17.7. The number of hydrogen-bond acceptors (Lipinski definition) is 3. The summed E-state index contributed by atoms with van der Waals surface area (Å²) in [5, 5.41) is 3.11. The molecule has 6 heteroatoms. The van der Waals surface area contributed by atoms with Crippen LogP contribution in [0.5, 0.6) is 0 Å². The monoisotopic (exact) mass is 351 g/mol. The molecule has 0 aromatic heterocycles. The van der Waals surface area contributed by atoms with Crippen LogP contribution in [0.3, 0.4) is 0 Å². The van der Waals surface area contributed by atoms with E-state index in [4.69, 9.17) is 17.3 Å². The topological polar surface area (TPSA) is 75.4 Å². The highest BCUT2D eigenvalue weighted by atomic mass is 35.5. The van der Waals surface area contributed by atoms with Gasteiger partial charge >= 0.3 is 0 Å². The Bertz CT molecular complexity index is 600. The van der Waals surface area contributed by atoms with Crippen molar-refractivity contribution in [1.82, 2.24) is 4.90 Å². The molecule has 2 rings (SSSR count). The zero-order valence-corrected chi connectivity index (χ0v) is 15.1. The van der Waals surface area contributed by atoms with Crippen molar-refractivity contribution >= 4 is 29.1 Å². The highest BCUT2D eigenvalue weighted by Gasteiger charge is 2.24. The van der Waals surface area contributed by atoms with Gasteiger partial charge in [-0.05, 0) is 31.0 Å². The standard InChI is InChI=1S/C18H26ClN3O2/c1-12(11-20)17(23)21-13-8-9-15(16(19)10-13)18(24)22(2)14-6-4-3-5-7-14/h8-10,12,14H,3-7,11,20H2,1-2H3,(H,21,23). The lowest BCUT2D eigenvalue weighted by Gasteiger charge is -2.31. The van der Waals surface area contributed by atoms with Crippen molar-refractivity contribution in [2.24, 2.45) is 11.7 Å². The van der Waals surface area contributed by atoms with Crippen LogP contribution in [0.1, 0.15) is 49.4 Å². The number of carbonyl (C=O) groups is 2. The van der Waals surface area contributed by atoms with Crippen LogP contribution in [0.25, 0.3) is 0 Å². The van der Waals surface area contributed by atoms with E-state index in [2.05, 4.69) is 5.32 Å². The van der Waals surface area contributed by atoms with Crippen molar-refractivity contribution in [3.63, 3.8) is 0 Å². The summed E-state index contributed by atoms with van der Waals surface area (Å²) in [6.45, 7) is 2.04. The summed E-state index contributed by atoms with van der Waals surface area (Å²) in [6.07, 6.45) is 5.67. The van der Waals surface area contributed by atoms with Gasteiger partial charge in [-0.3, -0.25) is 9.59 Å². The normalized spacial score (nSPS) is 16.5. The maximum atomic E-state index is 12.7. The maximum Gasteiger partial charge on any atom is 0.255 e. The Balaban J connectivity index is 2.08.